The number of aromatic nitrogens is 2. The molecule has 2 aromatic heterocycles. The number of halogens is 3. The van der Waals surface area contributed by atoms with Crippen LogP contribution in [0.4, 0.5) is 0 Å². The Bertz CT molecular complexity index is 655. The summed E-state index contributed by atoms with van der Waals surface area (Å²) in [4.78, 5) is 8.94. The van der Waals surface area contributed by atoms with E-state index in [1.165, 1.54) is 0 Å². The Morgan fingerprint density at radius 2 is 1.52 bits per heavy atom. The molecule has 23 heavy (non-hydrogen) atoms. The molecule has 0 radical (unpaired) electrons. The maximum absolute atomic E-state index is 6.57. The van der Waals surface area contributed by atoms with Gasteiger partial charge in [0.15, 0.2) is 0 Å². The molecular formula is C16H19Cl3N2PtSi. The Labute approximate surface area is 168 Å². The summed E-state index contributed by atoms with van der Waals surface area (Å²) in [7, 11) is -1.38. The van der Waals surface area contributed by atoms with E-state index in [0.717, 1.165) is 16.6 Å². The van der Waals surface area contributed by atoms with Crippen LogP contribution >= 0.6 is 34.8 Å². The summed E-state index contributed by atoms with van der Waals surface area (Å²) in [5.74, 6) is 0. The van der Waals surface area contributed by atoms with Crippen molar-refractivity contribution in [3.63, 3.8) is 0 Å². The standard InChI is InChI=1S/C16H19Cl3N2Si.Pt/c1-9(2)22(10(3)4)16-14(19)12(18)8-21-15(16)13-6-5-11(17)7-20-13;/h5-10,22H,1-4H3;. The molecule has 0 atom stereocenters. The topological polar surface area (TPSA) is 25.8 Å². The molecule has 2 heterocycles. The van der Waals surface area contributed by atoms with Crippen LogP contribution in [0.5, 0.6) is 0 Å². The third-order valence-corrected chi connectivity index (χ3v) is 9.05. The minimum absolute atomic E-state index is 0. The van der Waals surface area contributed by atoms with Crippen molar-refractivity contribution in [1.29, 1.82) is 0 Å². The molecule has 0 spiro atoms. The van der Waals surface area contributed by atoms with E-state index >= 15 is 0 Å². The van der Waals surface area contributed by atoms with Gasteiger partial charge in [0.2, 0.25) is 0 Å². The Morgan fingerprint density at radius 3 is 2.00 bits per heavy atom. The van der Waals surface area contributed by atoms with E-state index in [1.807, 2.05) is 12.1 Å². The third-order valence-electron chi connectivity index (χ3n) is 3.75. The fraction of sp³-hybridized carbons (Fsp3) is 0.375. The number of rotatable bonds is 4. The van der Waals surface area contributed by atoms with Gasteiger partial charge in [-0.25, -0.2) is 0 Å². The van der Waals surface area contributed by atoms with Crippen molar-refractivity contribution in [2.45, 2.75) is 38.8 Å². The molecule has 0 aliphatic carbocycles. The van der Waals surface area contributed by atoms with Gasteiger partial charge < -0.3 is 0 Å². The van der Waals surface area contributed by atoms with E-state index in [0.29, 0.717) is 26.2 Å². The van der Waals surface area contributed by atoms with Crippen molar-refractivity contribution >= 4 is 48.8 Å². The van der Waals surface area contributed by atoms with E-state index < -0.39 is 8.80 Å². The van der Waals surface area contributed by atoms with Gasteiger partial charge in [-0.15, -0.1) is 0 Å². The van der Waals surface area contributed by atoms with Crippen molar-refractivity contribution in [3.8, 4) is 11.4 Å². The Hall–Kier alpha value is 0.0752. The summed E-state index contributed by atoms with van der Waals surface area (Å²) >= 11 is 18.7. The summed E-state index contributed by atoms with van der Waals surface area (Å²) in [5, 5.41) is 2.84. The maximum atomic E-state index is 6.57. The van der Waals surface area contributed by atoms with Gasteiger partial charge in [0, 0.05) is 33.5 Å². The van der Waals surface area contributed by atoms with Crippen LogP contribution in [0.25, 0.3) is 11.4 Å². The molecule has 0 unspecified atom stereocenters. The Balaban J connectivity index is 0.00000264. The van der Waals surface area contributed by atoms with Crippen molar-refractivity contribution in [2.75, 3.05) is 0 Å². The summed E-state index contributed by atoms with van der Waals surface area (Å²) in [6.45, 7) is 8.97. The predicted molar refractivity (Wildman–Crippen MR) is 99.5 cm³/mol. The second kappa shape index (κ2) is 8.96. The molecule has 0 fully saturated rings. The van der Waals surface area contributed by atoms with Crippen molar-refractivity contribution in [3.05, 3.63) is 39.6 Å². The molecule has 0 amide bonds. The minimum atomic E-state index is -1.38. The first kappa shape index (κ1) is 21.1. The fourth-order valence-corrected chi connectivity index (χ4v) is 7.67. The fourth-order valence-electron chi connectivity index (χ4n) is 2.94. The number of pyridine rings is 2. The van der Waals surface area contributed by atoms with Gasteiger partial charge in [-0.05, 0) is 28.4 Å². The third kappa shape index (κ3) is 4.79. The number of hydrogen-bond acceptors (Lipinski definition) is 2. The second-order valence-electron chi connectivity index (χ2n) is 6.06. The van der Waals surface area contributed by atoms with Crippen LogP contribution < -0.4 is 5.19 Å². The molecule has 128 valence electrons. The predicted octanol–water partition coefficient (Wildman–Crippen LogP) is 5.36. The van der Waals surface area contributed by atoms with Gasteiger partial charge in [-0.2, -0.15) is 0 Å². The molecule has 0 saturated carbocycles. The van der Waals surface area contributed by atoms with Crippen LogP contribution in [0.15, 0.2) is 24.5 Å². The molecule has 0 bridgehead atoms. The van der Waals surface area contributed by atoms with Crippen molar-refractivity contribution in [2.24, 2.45) is 0 Å². The molecule has 2 rings (SSSR count). The zero-order chi connectivity index (χ0) is 16.4. The summed E-state index contributed by atoms with van der Waals surface area (Å²) in [6, 6.07) is 3.70. The van der Waals surface area contributed by atoms with Gasteiger partial charge in [-0.3, -0.25) is 9.97 Å². The van der Waals surface area contributed by atoms with Crippen LogP contribution in [0.2, 0.25) is 26.2 Å². The molecule has 7 heteroatoms. The molecule has 0 aromatic carbocycles. The summed E-state index contributed by atoms with van der Waals surface area (Å²) in [5.41, 5.74) is 2.72. The first-order valence-corrected chi connectivity index (χ1v) is 10.3. The van der Waals surface area contributed by atoms with Crippen LogP contribution in [-0.2, 0) is 21.1 Å². The van der Waals surface area contributed by atoms with Gasteiger partial charge in [0.05, 0.1) is 35.3 Å². The minimum Gasteiger partial charge on any atom is -0.253 e. The molecule has 2 nitrogen and oxygen atoms in total. The molecule has 0 aliphatic heterocycles. The molecule has 0 aliphatic rings. The maximum Gasteiger partial charge on any atom is 0.0891 e. The normalized spacial score (nSPS) is 11.2. The van der Waals surface area contributed by atoms with Crippen LogP contribution in [0, 0.1) is 0 Å². The number of nitrogens with zero attached hydrogens (tertiary/aromatic N) is 2. The second-order valence-corrected chi connectivity index (χ2v) is 11.6. The zero-order valence-corrected chi connectivity index (χ0v) is 19.1. The summed E-state index contributed by atoms with van der Waals surface area (Å²) in [6.07, 6.45) is 3.23. The molecule has 0 saturated heterocycles. The van der Waals surface area contributed by atoms with E-state index in [-0.39, 0.29) is 21.1 Å². The van der Waals surface area contributed by atoms with Gasteiger partial charge in [-0.1, -0.05) is 62.5 Å². The average Bonchev–Trinajstić information content (AvgIpc) is 2.44. The first-order valence-electron chi connectivity index (χ1n) is 7.28. The monoisotopic (exact) mass is 567 g/mol. The van der Waals surface area contributed by atoms with Crippen LogP contribution in [0.1, 0.15) is 27.7 Å². The smallest absolute Gasteiger partial charge is 0.0891 e. The van der Waals surface area contributed by atoms with E-state index in [9.17, 15) is 0 Å². The zero-order valence-electron chi connectivity index (χ0n) is 13.4. The van der Waals surface area contributed by atoms with E-state index in [1.54, 1.807) is 12.4 Å². The number of hydrogen-bond donors (Lipinski definition) is 0. The summed E-state index contributed by atoms with van der Waals surface area (Å²) < 4.78 is 0. The largest absolute Gasteiger partial charge is 0.253 e. The van der Waals surface area contributed by atoms with E-state index in [2.05, 4.69) is 37.7 Å². The van der Waals surface area contributed by atoms with Gasteiger partial charge in [0.25, 0.3) is 0 Å². The average molecular weight is 569 g/mol. The van der Waals surface area contributed by atoms with Crippen molar-refractivity contribution in [1.82, 2.24) is 9.97 Å². The van der Waals surface area contributed by atoms with Crippen molar-refractivity contribution < 1.29 is 21.1 Å². The van der Waals surface area contributed by atoms with Crippen LogP contribution in [-0.4, -0.2) is 18.8 Å². The molecular weight excluding hydrogens is 550 g/mol. The quantitative estimate of drug-likeness (QED) is 0.465. The first-order chi connectivity index (χ1) is 10.3. The Kier molecular flexibility index (Phi) is 8.23. The molecule has 2 aromatic rings. The Morgan fingerprint density at radius 1 is 0.913 bits per heavy atom. The van der Waals surface area contributed by atoms with Crippen LogP contribution in [0.3, 0.4) is 0 Å². The SMILES string of the molecule is CC(C)[SiH](c1c(-c2ccc(Cl)cn2)ncc(Cl)c1Cl)C(C)C.[Pt]. The van der Waals surface area contributed by atoms with Gasteiger partial charge in [0.1, 0.15) is 0 Å². The molecule has 0 N–H and O–H groups in total. The van der Waals surface area contributed by atoms with E-state index in [4.69, 9.17) is 34.8 Å². The van der Waals surface area contributed by atoms with Gasteiger partial charge >= 0.3 is 0 Å².